The zero-order valence-electron chi connectivity index (χ0n) is 16.9. The number of hydrogen-bond donors (Lipinski definition) is 1. The normalized spacial score (nSPS) is 13.6. The van der Waals surface area contributed by atoms with E-state index in [1.54, 1.807) is 12.1 Å². The molecule has 1 unspecified atom stereocenters. The van der Waals surface area contributed by atoms with Gasteiger partial charge in [0.15, 0.2) is 12.4 Å². The SMILES string of the molecule is O=C(Nc1c(F)cccc1Cl)c1cc(F)c(-c2ccc(C3CC3)nc2)nc1OCC(F)(F)P. The summed E-state index contributed by atoms with van der Waals surface area (Å²) in [5, 5.41) is 2.11. The molecule has 0 aliphatic heterocycles. The van der Waals surface area contributed by atoms with Crippen molar-refractivity contribution in [2.75, 3.05) is 11.9 Å². The van der Waals surface area contributed by atoms with Gasteiger partial charge in [0.25, 0.3) is 11.6 Å². The van der Waals surface area contributed by atoms with Crippen LogP contribution in [0.15, 0.2) is 42.6 Å². The third-order valence-electron chi connectivity index (χ3n) is 4.84. The van der Waals surface area contributed by atoms with Crippen molar-refractivity contribution in [3.05, 3.63) is 70.5 Å². The maximum absolute atomic E-state index is 14.9. The van der Waals surface area contributed by atoms with Gasteiger partial charge in [-0.15, -0.1) is 0 Å². The largest absolute Gasteiger partial charge is 0.470 e. The van der Waals surface area contributed by atoms with Crippen LogP contribution in [0.4, 0.5) is 23.2 Å². The second-order valence-corrected chi connectivity index (χ2v) is 8.77. The van der Waals surface area contributed by atoms with Crippen LogP contribution >= 0.6 is 20.8 Å². The monoisotopic (exact) mass is 497 g/mol. The number of anilines is 1. The summed E-state index contributed by atoms with van der Waals surface area (Å²) in [6, 6.07) is 7.88. The van der Waals surface area contributed by atoms with E-state index in [4.69, 9.17) is 16.3 Å². The number of para-hydroxylation sites is 1. The predicted molar refractivity (Wildman–Crippen MR) is 119 cm³/mol. The van der Waals surface area contributed by atoms with Crippen LogP contribution in [0.25, 0.3) is 11.3 Å². The van der Waals surface area contributed by atoms with Gasteiger partial charge in [-0.1, -0.05) is 26.9 Å². The molecule has 1 amide bonds. The number of benzene rings is 1. The molecule has 33 heavy (non-hydrogen) atoms. The van der Waals surface area contributed by atoms with Crippen molar-refractivity contribution < 1.29 is 27.1 Å². The number of hydrogen-bond acceptors (Lipinski definition) is 4. The summed E-state index contributed by atoms with van der Waals surface area (Å²) in [6.07, 6.45) is 3.50. The van der Waals surface area contributed by atoms with Gasteiger partial charge in [0.2, 0.25) is 5.88 Å². The van der Waals surface area contributed by atoms with Crippen LogP contribution in [-0.2, 0) is 0 Å². The molecular weight excluding hydrogens is 481 g/mol. The number of nitrogens with one attached hydrogen (secondary N) is 1. The molecule has 3 aromatic rings. The Hall–Kier alpha value is -2.77. The Bertz CT molecular complexity index is 1180. The number of amides is 1. The van der Waals surface area contributed by atoms with Gasteiger partial charge in [-0.05, 0) is 43.2 Å². The molecule has 0 bridgehead atoms. The Labute approximate surface area is 193 Å². The lowest BCUT2D eigenvalue weighted by Gasteiger charge is -2.16. The minimum absolute atomic E-state index is 0.103. The first-order valence-electron chi connectivity index (χ1n) is 9.84. The van der Waals surface area contributed by atoms with Crippen molar-refractivity contribution in [1.82, 2.24) is 9.97 Å². The first-order valence-corrected chi connectivity index (χ1v) is 10.8. The number of aromatic nitrogens is 2. The van der Waals surface area contributed by atoms with Crippen molar-refractivity contribution in [2.45, 2.75) is 24.4 Å². The molecule has 1 N–H and O–H groups in total. The lowest BCUT2D eigenvalue weighted by atomic mass is 10.1. The number of carbonyl (C=O) groups is 1. The third-order valence-corrected chi connectivity index (χ3v) is 5.33. The summed E-state index contributed by atoms with van der Waals surface area (Å²) >= 11 is 5.91. The van der Waals surface area contributed by atoms with Crippen LogP contribution in [-0.4, -0.2) is 28.1 Å². The molecule has 2 aromatic heterocycles. The molecule has 1 aromatic carbocycles. The van der Waals surface area contributed by atoms with Crippen LogP contribution in [0.2, 0.25) is 5.02 Å². The number of carbonyl (C=O) groups excluding carboxylic acids is 1. The number of nitrogens with zero attached hydrogens (tertiary/aromatic N) is 2. The van der Waals surface area contributed by atoms with Gasteiger partial charge < -0.3 is 10.1 Å². The number of pyridine rings is 2. The summed E-state index contributed by atoms with van der Waals surface area (Å²) in [4.78, 5) is 21.0. The zero-order chi connectivity index (χ0) is 23.8. The highest BCUT2D eigenvalue weighted by Gasteiger charge is 2.28. The molecule has 1 saturated carbocycles. The topological polar surface area (TPSA) is 64.1 Å². The van der Waals surface area contributed by atoms with E-state index in [-0.39, 0.29) is 22.0 Å². The Morgan fingerprint density at radius 2 is 1.97 bits per heavy atom. The number of alkyl halides is 2. The maximum atomic E-state index is 14.9. The lowest BCUT2D eigenvalue weighted by Crippen LogP contribution is -2.21. The van der Waals surface area contributed by atoms with Gasteiger partial charge >= 0.3 is 0 Å². The maximum Gasteiger partial charge on any atom is 0.292 e. The highest BCUT2D eigenvalue weighted by atomic mass is 35.5. The molecule has 172 valence electrons. The highest BCUT2D eigenvalue weighted by Crippen LogP contribution is 2.39. The van der Waals surface area contributed by atoms with E-state index in [2.05, 4.69) is 15.3 Å². The number of ether oxygens (including phenoxy) is 1. The molecule has 0 spiro atoms. The highest BCUT2D eigenvalue weighted by molar-refractivity contribution is 7.18. The fourth-order valence-electron chi connectivity index (χ4n) is 3.08. The molecular formula is C22H17ClF4N3O2P. The molecule has 0 saturated heterocycles. The van der Waals surface area contributed by atoms with Crippen LogP contribution in [0, 0.1) is 11.6 Å². The van der Waals surface area contributed by atoms with E-state index in [1.807, 2.05) is 0 Å². The predicted octanol–water partition coefficient (Wildman–Crippen LogP) is 6.05. The summed E-state index contributed by atoms with van der Waals surface area (Å²) < 4.78 is 60.8. The van der Waals surface area contributed by atoms with Gasteiger partial charge in [-0.25, -0.2) is 13.8 Å². The van der Waals surface area contributed by atoms with Gasteiger partial charge in [0.1, 0.15) is 17.1 Å². The molecule has 1 aliphatic carbocycles. The zero-order valence-corrected chi connectivity index (χ0v) is 18.8. The molecule has 4 rings (SSSR count). The Morgan fingerprint density at radius 3 is 2.58 bits per heavy atom. The quantitative estimate of drug-likeness (QED) is 0.319. The second-order valence-electron chi connectivity index (χ2n) is 7.52. The second kappa shape index (κ2) is 9.23. The van der Waals surface area contributed by atoms with Crippen LogP contribution < -0.4 is 10.1 Å². The van der Waals surface area contributed by atoms with Crippen molar-refractivity contribution in [3.8, 4) is 17.1 Å². The average Bonchev–Trinajstić information content (AvgIpc) is 3.60. The van der Waals surface area contributed by atoms with Gasteiger partial charge in [0.05, 0.1) is 10.7 Å². The first kappa shape index (κ1) is 23.4. The van der Waals surface area contributed by atoms with Crippen molar-refractivity contribution in [3.63, 3.8) is 0 Å². The Kier molecular flexibility index (Phi) is 6.54. The summed E-state index contributed by atoms with van der Waals surface area (Å²) in [5.74, 6) is -2.95. The molecule has 1 fully saturated rings. The summed E-state index contributed by atoms with van der Waals surface area (Å²) in [6.45, 7) is -1.14. The van der Waals surface area contributed by atoms with E-state index in [0.29, 0.717) is 5.92 Å². The van der Waals surface area contributed by atoms with Crippen LogP contribution in [0.1, 0.15) is 34.8 Å². The van der Waals surface area contributed by atoms with E-state index < -0.39 is 41.3 Å². The van der Waals surface area contributed by atoms with E-state index in [9.17, 15) is 22.4 Å². The number of rotatable bonds is 7. The van der Waals surface area contributed by atoms with Gasteiger partial charge in [0, 0.05) is 23.4 Å². The summed E-state index contributed by atoms with van der Waals surface area (Å²) in [5.41, 5.74) is -3.26. The van der Waals surface area contributed by atoms with Gasteiger partial charge in [-0.2, -0.15) is 8.78 Å². The smallest absolute Gasteiger partial charge is 0.292 e. The van der Waals surface area contributed by atoms with Crippen molar-refractivity contribution in [1.29, 1.82) is 0 Å². The average molecular weight is 498 g/mol. The Morgan fingerprint density at radius 1 is 1.21 bits per heavy atom. The van der Waals surface area contributed by atoms with E-state index in [0.717, 1.165) is 30.7 Å². The molecule has 2 heterocycles. The number of halogens is 5. The molecule has 5 nitrogen and oxygen atoms in total. The van der Waals surface area contributed by atoms with Crippen LogP contribution in [0.5, 0.6) is 5.88 Å². The fourth-order valence-corrected chi connectivity index (χ4v) is 3.37. The first-order chi connectivity index (χ1) is 15.6. The van der Waals surface area contributed by atoms with E-state index >= 15 is 0 Å². The standard InChI is InChI=1S/C22H17ClF4N3O2P/c23-14-2-1-3-15(24)19(14)29-20(31)13-8-16(25)18(30-21(13)32-10-22(26,27)33)12-6-7-17(28-9-12)11-4-5-11/h1-3,6-9,11H,4-5,10,33H2,(H,29,31). The summed E-state index contributed by atoms with van der Waals surface area (Å²) in [7, 11) is 1.30. The van der Waals surface area contributed by atoms with Gasteiger partial charge in [-0.3, -0.25) is 9.78 Å². The minimum atomic E-state index is -3.33. The minimum Gasteiger partial charge on any atom is -0.470 e. The molecule has 0 radical (unpaired) electrons. The Balaban J connectivity index is 1.70. The van der Waals surface area contributed by atoms with Crippen molar-refractivity contribution >= 4 is 32.4 Å². The fraction of sp³-hybridized carbons (Fsp3) is 0.227. The third kappa shape index (κ3) is 5.60. The van der Waals surface area contributed by atoms with Crippen LogP contribution in [0.3, 0.4) is 0 Å². The molecule has 1 atom stereocenters. The lowest BCUT2D eigenvalue weighted by molar-refractivity contribution is 0.0437. The molecule has 1 aliphatic rings. The molecule has 11 heteroatoms. The van der Waals surface area contributed by atoms with E-state index in [1.165, 1.54) is 27.6 Å². The van der Waals surface area contributed by atoms with Crippen molar-refractivity contribution in [2.24, 2.45) is 0 Å².